The van der Waals surface area contributed by atoms with Gasteiger partial charge in [-0.05, 0) is 30.7 Å². The monoisotopic (exact) mass is 247 g/mol. The highest BCUT2D eigenvalue weighted by Gasteiger charge is 2.19. The molecule has 0 atom stereocenters. The minimum absolute atomic E-state index is 0.921. The van der Waals surface area contributed by atoms with Crippen molar-refractivity contribution in [2.45, 2.75) is 52.4 Å². The van der Waals surface area contributed by atoms with Crippen LogP contribution in [0.3, 0.4) is 0 Å². The van der Waals surface area contributed by atoms with Gasteiger partial charge in [0.2, 0.25) is 5.95 Å². The molecule has 0 aliphatic carbocycles. The molecule has 0 bridgehead atoms. The number of aromatic nitrogens is 2. The third-order valence-electron chi connectivity index (χ3n) is 3.82. The lowest BCUT2D eigenvalue weighted by Gasteiger charge is -2.31. The lowest BCUT2D eigenvalue weighted by Crippen LogP contribution is -2.34. The summed E-state index contributed by atoms with van der Waals surface area (Å²) in [5.41, 5.74) is 1.25. The third-order valence-corrected chi connectivity index (χ3v) is 3.82. The Morgan fingerprint density at radius 3 is 2.33 bits per heavy atom. The summed E-state index contributed by atoms with van der Waals surface area (Å²) in [7, 11) is 0. The Hall–Kier alpha value is -1.12. The van der Waals surface area contributed by atoms with Crippen molar-refractivity contribution in [2.75, 3.05) is 18.0 Å². The molecule has 18 heavy (non-hydrogen) atoms. The molecule has 0 radical (unpaired) electrons. The molecule has 0 amide bonds. The summed E-state index contributed by atoms with van der Waals surface area (Å²) < 4.78 is 0. The molecular formula is C15H25N3. The Labute approximate surface area is 111 Å². The second kappa shape index (κ2) is 6.72. The fraction of sp³-hybridized carbons (Fsp3) is 0.733. The second-order valence-electron chi connectivity index (χ2n) is 5.36. The van der Waals surface area contributed by atoms with Gasteiger partial charge in [-0.1, -0.05) is 33.1 Å². The van der Waals surface area contributed by atoms with E-state index >= 15 is 0 Å². The first-order valence-corrected chi connectivity index (χ1v) is 7.39. The number of piperidine rings is 1. The zero-order valence-electron chi connectivity index (χ0n) is 11.7. The lowest BCUT2D eigenvalue weighted by atomic mass is 9.93. The van der Waals surface area contributed by atoms with Crippen LogP contribution in [-0.4, -0.2) is 23.1 Å². The molecule has 3 nitrogen and oxygen atoms in total. The van der Waals surface area contributed by atoms with Gasteiger partial charge in [0.15, 0.2) is 0 Å². The van der Waals surface area contributed by atoms with Crippen molar-refractivity contribution in [3.05, 3.63) is 18.0 Å². The molecule has 3 heteroatoms. The normalized spacial score (nSPS) is 17.1. The van der Waals surface area contributed by atoms with E-state index < -0.39 is 0 Å². The largest absolute Gasteiger partial charge is 0.341 e. The molecule has 0 saturated carbocycles. The zero-order chi connectivity index (χ0) is 12.8. The SMILES string of the molecule is CCCc1cnc(N2CCC(CCC)CC2)nc1. The van der Waals surface area contributed by atoms with Gasteiger partial charge < -0.3 is 4.90 Å². The maximum absolute atomic E-state index is 4.51. The minimum Gasteiger partial charge on any atom is -0.341 e. The summed E-state index contributed by atoms with van der Waals surface area (Å²) in [6.07, 6.45) is 11.5. The van der Waals surface area contributed by atoms with Gasteiger partial charge in [0.25, 0.3) is 0 Å². The van der Waals surface area contributed by atoms with Crippen LogP contribution in [0.1, 0.15) is 51.5 Å². The van der Waals surface area contributed by atoms with Crippen molar-refractivity contribution < 1.29 is 0 Å². The third kappa shape index (κ3) is 3.44. The van der Waals surface area contributed by atoms with Gasteiger partial charge in [-0.15, -0.1) is 0 Å². The Morgan fingerprint density at radius 1 is 1.11 bits per heavy atom. The van der Waals surface area contributed by atoms with E-state index in [0.29, 0.717) is 0 Å². The summed E-state index contributed by atoms with van der Waals surface area (Å²) in [5, 5.41) is 0. The Morgan fingerprint density at radius 2 is 1.78 bits per heavy atom. The number of aryl methyl sites for hydroxylation is 1. The van der Waals surface area contributed by atoms with Crippen LogP contribution in [0, 0.1) is 5.92 Å². The van der Waals surface area contributed by atoms with E-state index in [1.807, 2.05) is 12.4 Å². The van der Waals surface area contributed by atoms with E-state index in [9.17, 15) is 0 Å². The molecule has 1 aromatic rings. The molecule has 1 aliphatic rings. The highest BCUT2D eigenvalue weighted by atomic mass is 15.2. The highest BCUT2D eigenvalue weighted by Crippen LogP contribution is 2.23. The molecule has 100 valence electrons. The average Bonchev–Trinajstić information content (AvgIpc) is 2.41. The van der Waals surface area contributed by atoms with Crippen LogP contribution in [-0.2, 0) is 6.42 Å². The predicted molar refractivity (Wildman–Crippen MR) is 75.9 cm³/mol. The first-order chi connectivity index (χ1) is 8.83. The van der Waals surface area contributed by atoms with Crippen LogP contribution in [0.2, 0.25) is 0 Å². The highest BCUT2D eigenvalue weighted by molar-refractivity contribution is 5.30. The second-order valence-corrected chi connectivity index (χ2v) is 5.36. The molecule has 1 aromatic heterocycles. The lowest BCUT2D eigenvalue weighted by molar-refractivity contribution is 0.376. The summed E-state index contributed by atoms with van der Waals surface area (Å²) >= 11 is 0. The van der Waals surface area contributed by atoms with E-state index in [-0.39, 0.29) is 0 Å². The quantitative estimate of drug-likeness (QED) is 0.798. The van der Waals surface area contributed by atoms with E-state index in [4.69, 9.17) is 0 Å². The first kappa shape index (κ1) is 13.3. The van der Waals surface area contributed by atoms with Crippen LogP contribution >= 0.6 is 0 Å². The Bertz CT molecular complexity index is 339. The van der Waals surface area contributed by atoms with Crippen molar-refractivity contribution in [3.8, 4) is 0 Å². The summed E-state index contributed by atoms with van der Waals surface area (Å²) in [6.45, 7) is 6.71. The van der Waals surface area contributed by atoms with Gasteiger partial charge in [-0.25, -0.2) is 9.97 Å². The van der Waals surface area contributed by atoms with Gasteiger partial charge in [0, 0.05) is 25.5 Å². The molecule has 0 aromatic carbocycles. The van der Waals surface area contributed by atoms with Crippen molar-refractivity contribution >= 4 is 5.95 Å². The maximum atomic E-state index is 4.51. The molecular weight excluding hydrogens is 222 g/mol. The van der Waals surface area contributed by atoms with Crippen molar-refractivity contribution in [1.29, 1.82) is 0 Å². The molecule has 1 fully saturated rings. The fourth-order valence-corrected chi connectivity index (χ4v) is 2.76. The van der Waals surface area contributed by atoms with E-state index in [1.165, 1.54) is 31.2 Å². The smallest absolute Gasteiger partial charge is 0.225 e. The van der Waals surface area contributed by atoms with E-state index in [1.54, 1.807) is 0 Å². The van der Waals surface area contributed by atoms with Crippen LogP contribution in [0.5, 0.6) is 0 Å². The molecule has 1 aliphatic heterocycles. The number of nitrogens with zero attached hydrogens (tertiary/aromatic N) is 3. The molecule has 2 heterocycles. The van der Waals surface area contributed by atoms with Crippen molar-refractivity contribution in [2.24, 2.45) is 5.92 Å². The van der Waals surface area contributed by atoms with Crippen LogP contribution in [0.25, 0.3) is 0 Å². The van der Waals surface area contributed by atoms with Crippen LogP contribution < -0.4 is 4.90 Å². The van der Waals surface area contributed by atoms with E-state index in [2.05, 4.69) is 28.7 Å². The zero-order valence-corrected chi connectivity index (χ0v) is 11.7. The van der Waals surface area contributed by atoms with Crippen LogP contribution in [0.15, 0.2) is 12.4 Å². The molecule has 0 spiro atoms. The molecule has 2 rings (SSSR count). The predicted octanol–water partition coefficient (Wildman–Crippen LogP) is 3.45. The Kier molecular flexibility index (Phi) is 4.97. The standard InChI is InChI=1S/C15H25N3/c1-3-5-13-7-9-18(10-8-13)15-16-11-14(6-4-2)12-17-15/h11-13H,3-10H2,1-2H3. The van der Waals surface area contributed by atoms with Crippen molar-refractivity contribution in [1.82, 2.24) is 9.97 Å². The van der Waals surface area contributed by atoms with E-state index in [0.717, 1.165) is 37.8 Å². The maximum Gasteiger partial charge on any atom is 0.225 e. The fourth-order valence-electron chi connectivity index (χ4n) is 2.76. The van der Waals surface area contributed by atoms with Crippen molar-refractivity contribution in [3.63, 3.8) is 0 Å². The summed E-state index contributed by atoms with van der Waals surface area (Å²) in [6, 6.07) is 0. The van der Waals surface area contributed by atoms with Gasteiger partial charge in [-0.2, -0.15) is 0 Å². The number of hydrogen-bond donors (Lipinski definition) is 0. The molecule has 1 saturated heterocycles. The minimum atomic E-state index is 0.921. The average molecular weight is 247 g/mol. The topological polar surface area (TPSA) is 29.0 Å². The Balaban J connectivity index is 1.89. The van der Waals surface area contributed by atoms with Crippen LogP contribution in [0.4, 0.5) is 5.95 Å². The summed E-state index contributed by atoms with van der Waals surface area (Å²) in [5.74, 6) is 1.84. The van der Waals surface area contributed by atoms with Gasteiger partial charge >= 0.3 is 0 Å². The summed E-state index contributed by atoms with van der Waals surface area (Å²) in [4.78, 5) is 11.3. The molecule has 0 unspecified atom stereocenters. The number of rotatable bonds is 5. The van der Waals surface area contributed by atoms with Gasteiger partial charge in [0.1, 0.15) is 0 Å². The number of anilines is 1. The van der Waals surface area contributed by atoms with Gasteiger partial charge in [0.05, 0.1) is 0 Å². The molecule has 0 N–H and O–H groups in total. The van der Waals surface area contributed by atoms with Gasteiger partial charge in [-0.3, -0.25) is 0 Å². The first-order valence-electron chi connectivity index (χ1n) is 7.39. The number of hydrogen-bond acceptors (Lipinski definition) is 3.